The van der Waals surface area contributed by atoms with E-state index in [1.54, 1.807) is 18.2 Å². The lowest BCUT2D eigenvalue weighted by Gasteiger charge is -2.17. The zero-order valence-electron chi connectivity index (χ0n) is 18.5. The molecule has 1 saturated heterocycles. The molecular weight excluding hydrogens is 470 g/mol. The van der Waals surface area contributed by atoms with Gasteiger partial charge in [0.15, 0.2) is 4.32 Å². The number of ether oxygens (including phenoxy) is 1. The zero-order chi connectivity index (χ0) is 24.2. The molecule has 0 unspecified atom stereocenters. The van der Waals surface area contributed by atoms with Crippen LogP contribution in [0.25, 0.3) is 6.08 Å². The Morgan fingerprint density at radius 1 is 1.06 bits per heavy atom. The average Bonchev–Trinajstić information content (AvgIpc) is 3.11. The highest BCUT2D eigenvalue weighted by atomic mass is 32.2. The number of carbonyl (C=O) groups excluding carboxylic acids is 1. The van der Waals surface area contributed by atoms with Crippen LogP contribution in [0.5, 0.6) is 5.75 Å². The van der Waals surface area contributed by atoms with Crippen molar-refractivity contribution in [2.24, 2.45) is 0 Å². The van der Waals surface area contributed by atoms with E-state index < -0.39 is 4.92 Å². The SMILES string of the molecule is CN(C)c1ccc(N2C(=O)/C(=C/c3ccccc3OCc3ccc([N+](=O)[O-])cc3)SC2=S)cc1. The molecule has 0 radical (unpaired) electrons. The fraction of sp³-hybridized carbons (Fsp3) is 0.120. The lowest BCUT2D eigenvalue weighted by Crippen LogP contribution is -2.27. The molecule has 1 aliphatic rings. The minimum atomic E-state index is -0.438. The lowest BCUT2D eigenvalue weighted by atomic mass is 10.1. The van der Waals surface area contributed by atoms with Crippen LogP contribution in [0.3, 0.4) is 0 Å². The van der Waals surface area contributed by atoms with Gasteiger partial charge in [-0.2, -0.15) is 0 Å². The molecule has 4 rings (SSSR count). The summed E-state index contributed by atoms with van der Waals surface area (Å²) in [5.41, 5.74) is 3.33. The van der Waals surface area contributed by atoms with Crippen LogP contribution in [0, 0.1) is 10.1 Å². The number of hydrogen-bond acceptors (Lipinski definition) is 7. The standard InChI is InChI=1S/C25H21N3O4S2/c1-26(2)19-11-13-20(14-12-19)27-24(29)23(34-25(27)33)15-18-5-3-4-6-22(18)32-16-17-7-9-21(10-8-17)28(30)31/h3-15H,16H2,1-2H3/b23-15-. The highest BCUT2D eigenvalue weighted by Gasteiger charge is 2.33. The second-order valence-electron chi connectivity index (χ2n) is 7.68. The first-order valence-electron chi connectivity index (χ1n) is 10.3. The molecule has 0 aromatic heterocycles. The van der Waals surface area contributed by atoms with Gasteiger partial charge in [0.05, 0.1) is 15.5 Å². The van der Waals surface area contributed by atoms with Crippen molar-refractivity contribution < 1.29 is 14.5 Å². The van der Waals surface area contributed by atoms with Crippen LogP contribution in [0.15, 0.2) is 77.7 Å². The van der Waals surface area contributed by atoms with Crippen molar-refractivity contribution in [1.29, 1.82) is 0 Å². The number of benzene rings is 3. The molecule has 9 heteroatoms. The van der Waals surface area contributed by atoms with Crippen LogP contribution >= 0.6 is 24.0 Å². The number of rotatable bonds is 7. The van der Waals surface area contributed by atoms with Crippen LogP contribution in [0.2, 0.25) is 0 Å². The largest absolute Gasteiger partial charge is 0.488 e. The molecule has 172 valence electrons. The highest BCUT2D eigenvalue weighted by molar-refractivity contribution is 8.27. The quantitative estimate of drug-likeness (QED) is 0.183. The maximum absolute atomic E-state index is 13.2. The number of thioether (sulfide) groups is 1. The maximum Gasteiger partial charge on any atom is 0.270 e. The Balaban J connectivity index is 1.52. The Labute approximate surface area is 206 Å². The molecule has 0 N–H and O–H groups in total. The van der Waals surface area contributed by atoms with Crippen LogP contribution in [-0.4, -0.2) is 29.2 Å². The van der Waals surface area contributed by atoms with E-state index in [-0.39, 0.29) is 18.2 Å². The molecular formula is C25H21N3O4S2. The summed E-state index contributed by atoms with van der Waals surface area (Å²) < 4.78 is 6.43. The summed E-state index contributed by atoms with van der Waals surface area (Å²) in [6.07, 6.45) is 1.78. The Morgan fingerprint density at radius 3 is 2.38 bits per heavy atom. The normalized spacial score (nSPS) is 14.5. The van der Waals surface area contributed by atoms with E-state index in [1.165, 1.54) is 28.8 Å². The van der Waals surface area contributed by atoms with Gasteiger partial charge in [0.1, 0.15) is 12.4 Å². The van der Waals surface area contributed by atoms with Gasteiger partial charge in [-0.05, 0) is 54.1 Å². The number of amides is 1. The number of carbonyl (C=O) groups is 1. The molecule has 1 aliphatic heterocycles. The van der Waals surface area contributed by atoms with Crippen LogP contribution in [0.1, 0.15) is 11.1 Å². The molecule has 0 atom stereocenters. The summed E-state index contributed by atoms with van der Waals surface area (Å²) in [6.45, 7) is 0.238. The molecule has 1 heterocycles. The number of nitro groups is 1. The number of non-ortho nitro benzene ring substituents is 1. The number of nitro benzene ring substituents is 1. The fourth-order valence-corrected chi connectivity index (χ4v) is 4.63. The summed E-state index contributed by atoms with van der Waals surface area (Å²) in [5, 5.41) is 10.8. The Kier molecular flexibility index (Phi) is 6.95. The van der Waals surface area contributed by atoms with Crippen molar-refractivity contribution in [3.63, 3.8) is 0 Å². The first-order chi connectivity index (χ1) is 16.3. The highest BCUT2D eigenvalue weighted by Crippen LogP contribution is 2.37. The molecule has 0 aliphatic carbocycles. The Hall–Kier alpha value is -3.69. The summed E-state index contributed by atoms with van der Waals surface area (Å²) in [4.78, 5) is 27.6. The maximum atomic E-state index is 13.2. The average molecular weight is 492 g/mol. The van der Waals surface area contributed by atoms with Gasteiger partial charge in [0, 0.05) is 37.5 Å². The van der Waals surface area contributed by atoms with E-state index in [0.29, 0.717) is 15.0 Å². The van der Waals surface area contributed by atoms with Gasteiger partial charge < -0.3 is 9.64 Å². The predicted molar refractivity (Wildman–Crippen MR) is 140 cm³/mol. The van der Waals surface area contributed by atoms with E-state index in [1.807, 2.05) is 67.5 Å². The van der Waals surface area contributed by atoms with Crippen molar-refractivity contribution in [3.05, 3.63) is 98.9 Å². The van der Waals surface area contributed by atoms with Crippen LogP contribution < -0.4 is 14.5 Å². The number of para-hydroxylation sites is 1. The topological polar surface area (TPSA) is 75.9 Å². The summed E-state index contributed by atoms with van der Waals surface area (Å²) in [7, 11) is 3.91. The van der Waals surface area contributed by atoms with E-state index >= 15 is 0 Å². The molecule has 0 spiro atoms. The Bertz CT molecular complexity index is 1270. The van der Waals surface area contributed by atoms with E-state index in [0.717, 1.165) is 22.5 Å². The van der Waals surface area contributed by atoms with Crippen molar-refractivity contribution in [2.45, 2.75) is 6.61 Å². The number of nitrogens with zero attached hydrogens (tertiary/aromatic N) is 3. The third-order valence-electron chi connectivity index (χ3n) is 5.17. The fourth-order valence-electron chi connectivity index (χ4n) is 3.34. The summed E-state index contributed by atoms with van der Waals surface area (Å²) in [6, 6.07) is 21.3. The number of thiocarbonyl (C=S) groups is 1. The molecule has 1 fully saturated rings. The zero-order valence-corrected chi connectivity index (χ0v) is 20.1. The van der Waals surface area contributed by atoms with Gasteiger partial charge in [-0.25, -0.2) is 0 Å². The minimum absolute atomic E-state index is 0.0301. The molecule has 0 saturated carbocycles. The van der Waals surface area contributed by atoms with Crippen molar-refractivity contribution >= 4 is 57.3 Å². The van der Waals surface area contributed by atoms with Crippen molar-refractivity contribution in [1.82, 2.24) is 0 Å². The molecule has 3 aromatic carbocycles. The number of hydrogen-bond donors (Lipinski definition) is 0. The molecule has 34 heavy (non-hydrogen) atoms. The molecule has 0 bridgehead atoms. The summed E-state index contributed by atoms with van der Waals surface area (Å²) in [5.74, 6) is 0.416. The van der Waals surface area contributed by atoms with Crippen molar-refractivity contribution in [3.8, 4) is 5.75 Å². The van der Waals surface area contributed by atoms with Gasteiger partial charge in [0.2, 0.25) is 0 Å². The second-order valence-corrected chi connectivity index (χ2v) is 9.35. The third-order valence-corrected chi connectivity index (χ3v) is 6.47. The van der Waals surface area contributed by atoms with E-state index in [2.05, 4.69) is 0 Å². The first-order valence-corrected chi connectivity index (χ1v) is 11.6. The molecule has 1 amide bonds. The molecule has 7 nitrogen and oxygen atoms in total. The van der Waals surface area contributed by atoms with Gasteiger partial charge in [0.25, 0.3) is 11.6 Å². The van der Waals surface area contributed by atoms with Gasteiger partial charge in [-0.15, -0.1) is 0 Å². The van der Waals surface area contributed by atoms with Gasteiger partial charge in [-0.3, -0.25) is 19.8 Å². The van der Waals surface area contributed by atoms with Gasteiger partial charge >= 0.3 is 0 Å². The monoisotopic (exact) mass is 491 g/mol. The lowest BCUT2D eigenvalue weighted by molar-refractivity contribution is -0.384. The predicted octanol–water partition coefficient (Wildman–Crippen LogP) is 5.65. The van der Waals surface area contributed by atoms with Crippen molar-refractivity contribution in [2.75, 3.05) is 23.9 Å². The smallest absolute Gasteiger partial charge is 0.270 e. The number of anilines is 2. The second kappa shape index (κ2) is 10.1. The first kappa shape index (κ1) is 23.5. The summed E-state index contributed by atoms with van der Waals surface area (Å²) >= 11 is 6.74. The third kappa shape index (κ3) is 5.11. The van der Waals surface area contributed by atoms with Gasteiger partial charge in [-0.1, -0.05) is 42.2 Å². The molecule has 3 aromatic rings. The van der Waals surface area contributed by atoms with Crippen LogP contribution in [-0.2, 0) is 11.4 Å². The van der Waals surface area contributed by atoms with E-state index in [9.17, 15) is 14.9 Å². The Morgan fingerprint density at radius 2 is 1.74 bits per heavy atom. The minimum Gasteiger partial charge on any atom is -0.488 e. The van der Waals surface area contributed by atoms with E-state index in [4.69, 9.17) is 17.0 Å². The van der Waals surface area contributed by atoms with Crippen LogP contribution in [0.4, 0.5) is 17.1 Å².